The third-order valence-corrected chi connectivity index (χ3v) is 4.28. The third-order valence-electron chi connectivity index (χ3n) is 3.41. The Balaban J connectivity index is 1.84. The molecule has 24 heavy (non-hydrogen) atoms. The van der Waals surface area contributed by atoms with Gasteiger partial charge in [-0.2, -0.15) is 0 Å². The van der Waals surface area contributed by atoms with Gasteiger partial charge < -0.3 is 14.8 Å². The van der Waals surface area contributed by atoms with Gasteiger partial charge in [-0.1, -0.05) is 36.4 Å². The molecule has 0 bridgehead atoms. The van der Waals surface area contributed by atoms with E-state index < -0.39 is 17.9 Å². The molecule has 7 heteroatoms. The lowest BCUT2D eigenvalue weighted by molar-refractivity contribution is -0.137. The van der Waals surface area contributed by atoms with Gasteiger partial charge in [0.15, 0.2) is 17.8 Å². The van der Waals surface area contributed by atoms with E-state index in [0.29, 0.717) is 5.76 Å². The number of benzene rings is 1. The molecule has 1 unspecified atom stereocenters. The average molecular weight is 342 g/mol. The predicted molar refractivity (Wildman–Crippen MR) is 88.7 cm³/mol. The molecule has 1 atom stereocenters. The van der Waals surface area contributed by atoms with Crippen molar-refractivity contribution in [1.82, 2.24) is 10.3 Å². The number of carboxylic acids is 1. The van der Waals surface area contributed by atoms with Crippen molar-refractivity contribution in [2.45, 2.75) is 12.5 Å². The lowest BCUT2D eigenvalue weighted by Crippen LogP contribution is -2.30. The Labute approximate surface area is 141 Å². The molecule has 2 aromatic heterocycles. The normalized spacial score (nSPS) is 11.8. The van der Waals surface area contributed by atoms with E-state index in [2.05, 4.69) is 10.3 Å². The summed E-state index contributed by atoms with van der Waals surface area (Å²) >= 11 is 1.43. The third kappa shape index (κ3) is 3.52. The monoisotopic (exact) mass is 342 g/mol. The molecule has 3 aromatic rings. The van der Waals surface area contributed by atoms with E-state index in [9.17, 15) is 9.59 Å². The maximum absolute atomic E-state index is 12.6. The van der Waals surface area contributed by atoms with Crippen molar-refractivity contribution in [2.75, 3.05) is 0 Å². The zero-order valence-corrected chi connectivity index (χ0v) is 13.3. The van der Waals surface area contributed by atoms with Crippen molar-refractivity contribution >= 4 is 23.2 Å². The summed E-state index contributed by atoms with van der Waals surface area (Å²) in [4.78, 5) is 28.4. The van der Waals surface area contributed by atoms with Crippen LogP contribution in [0.5, 0.6) is 0 Å². The Morgan fingerprint density at radius 2 is 2.00 bits per heavy atom. The number of carboxylic acid groups (broad SMARTS) is 1. The molecule has 122 valence electrons. The highest BCUT2D eigenvalue weighted by molar-refractivity contribution is 7.13. The van der Waals surface area contributed by atoms with Crippen LogP contribution in [-0.4, -0.2) is 22.0 Å². The number of oxazole rings is 1. The number of aliphatic carboxylic acids is 1. The van der Waals surface area contributed by atoms with Crippen LogP contribution in [0.15, 0.2) is 58.7 Å². The van der Waals surface area contributed by atoms with Gasteiger partial charge in [0.2, 0.25) is 0 Å². The summed E-state index contributed by atoms with van der Waals surface area (Å²) in [5.41, 5.74) is 0.859. The summed E-state index contributed by atoms with van der Waals surface area (Å²) in [5.74, 6) is -1.09. The van der Waals surface area contributed by atoms with E-state index in [4.69, 9.17) is 9.52 Å². The number of hydrogen-bond donors (Lipinski definition) is 2. The maximum Gasteiger partial charge on any atom is 0.305 e. The average Bonchev–Trinajstić information content (AvgIpc) is 3.25. The number of carbonyl (C=O) groups excluding carboxylic acids is 1. The smallest absolute Gasteiger partial charge is 0.305 e. The molecule has 0 spiro atoms. The molecule has 0 fully saturated rings. The second-order valence-electron chi connectivity index (χ2n) is 5.04. The summed E-state index contributed by atoms with van der Waals surface area (Å²) in [6, 6.07) is 12.0. The highest BCUT2D eigenvalue weighted by atomic mass is 32.1. The van der Waals surface area contributed by atoms with E-state index in [0.717, 1.165) is 10.4 Å². The second kappa shape index (κ2) is 7.10. The van der Waals surface area contributed by atoms with Crippen LogP contribution < -0.4 is 5.32 Å². The van der Waals surface area contributed by atoms with Gasteiger partial charge in [-0.05, 0) is 17.0 Å². The number of nitrogens with one attached hydrogen (secondary N) is 1. The van der Waals surface area contributed by atoms with Crippen molar-refractivity contribution in [3.8, 4) is 10.6 Å². The molecule has 6 nitrogen and oxygen atoms in total. The van der Waals surface area contributed by atoms with E-state index in [1.165, 1.54) is 17.7 Å². The first kappa shape index (κ1) is 15.9. The van der Waals surface area contributed by atoms with Gasteiger partial charge in [0, 0.05) is 0 Å². The predicted octanol–water partition coefficient (Wildman–Crippen LogP) is 3.35. The fourth-order valence-electron chi connectivity index (χ4n) is 2.33. The molecule has 2 N–H and O–H groups in total. The first-order chi connectivity index (χ1) is 11.6. The van der Waals surface area contributed by atoms with Crippen LogP contribution in [0.1, 0.15) is 28.5 Å². The van der Waals surface area contributed by atoms with Gasteiger partial charge in [0.1, 0.15) is 0 Å². The number of amides is 1. The standard InChI is InChI=1S/C17H14N2O4S/c20-14(21)9-12(11-5-2-1-3-6-11)19-17(22)15-16(23-10-18-15)13-7-4-8-24-13/h1-8,10,12H,9H2,(H,19,22)(H,20,21). The molecular weight excluding hydrogens is 328 g/mol. The van der Waals surface area contributed by atoms with E-state index in [1.54, 1.807) is 24.3 Å². The first-order valence-corrected chi connectivity index (χ1v) is 8.08. The molecule has 0 saturated carbocycles. The maximum atomic E-state index is 12.6. The summed E-state index contributed by atoms with van der Waals surface area (Å²) in [7, 11) is 0. The minimum absolute atomic E-state index is 0.142. The van der Waals surface area contributed by atoms with Gasteiger partial charge in [0.25, 0.3) is 5.91 Å². The number of carbonyl (C=O) groups is 2. The Hall–Kier alpha value is -2.93. The Morgan fingerprint density at radius 1 is 1.21 bits per heavy atom. The van der Waals surface area contributed by atoms with Crippen molar-refractivity contribution in [3.63, 3.8) is 0 Å². The first-order valence-electron chi connectivity index (χ1n) is 7.20. The Morgan fingerprint density at radius 3 is 2.67 bits per heavy atom. The fourth-order valence-corrected chi connectivity index (χ4v) is 3.04. The molecule has 0 aliphatic rings. The van der Waals surface area contributed by atoms with Crippen molar-refractivity contribution < 1.29 is 19.1 Å². The topological polar surface area (TPSA) is 92.4 Å². The number of nitrogens with zero attached hydrogens (tertiary/aromatic N) is 1. The van der Waals surface area contributed by atoms with E-state index in [-0.39, 0.29) is 12.1 Å². The minimum atomic E-state index is -0.997. The molecule has 1 aromatic carbocycles. The van der Waals surface area contributed by atoms with Gasteiger partial charge in [-0.15, -0.1) is 11.3 Å². The van der Waals surface area contributed by atoms with E-state index in [1.807, 2.05) is 23.6 Å². The minimum Gasteiger partial charge on any atom is -0.481 e. The number of aromatic nitrogens is 1. The molecule has 1 amide bonds. The Kier molecular flexibility index (Phi) is 4.72. The summed E-state index contributed by atoms with van der Waals surface area (Å²) < 4.78 is 5.32. The summed E-state index contributed by atoms with van der Waals surface area (Å²) in [6.45, 7) is 0. The molecule has 0 saturated heterocycles. The highest BCUT2D eigenvalue weighted by Gasteiger charge is 2.23. The molecule has 3 rings (SSSR count). The number of hydrogen-bond acceptors (Lipinski definition) is 5. The summed E-state index contributed by atoms with van der Waals surface area (Å²) in [5, 5.41) is 13.7. The molecule has 0 aliphatic heterocycles. The van der Waals surface area contributed by atoms with Crippen molar-refractivity contribution in [1.29, 1.82) is 0 Å². The van der Waals surface area contributed by atoms with E-state index >= 15 is 0 Å². The van der Waals surface area contributed by atoms with Crippen molar-refractivity contribution in [3.05, 3.63) is 65.5 Å². The zero-order valence-electron chi connectivity index (χ0n) is 12.5. The van der Waals surface area contributed by atoms with Crippen LogP contribution in [-0.2, 0) is 4.79 Å². The van der Waals surface area contributed by atoms with Gasteiger partial charge >= 0.3 is 5.97 Å². The van der Waals surface area contributed by atoms with Gasteiger partial charge in [-0.25, -0.2) is 4.98 Å². The van der Waals surface area contributed by atoms with Gasteiger partial charge in [0.05, 0.1) is 17.3 Å². The molecule has 0 radical (unpaired) electrons. The van der Waals surface area contributed by atoms with Crippen LogP contribution in [0.4, 0.5) is 0 Å². The quantitative estimate of drug-likeness (QED) is 0.717. The number of thiophene rings is 1. The van der Waals surface area contributed by atoms with Crippen LogP contribution >= 0.6 is 11.3 Å². The lowest BCUT2D eigenvalue weighted by Gasteiger charge is -2.16. The van der Waals surface area contributed by atoms with Crippen LogP contribution in [0.3, 0.4) is 0 Å². The van der Waals surface area contributed by atoms with Gasteiger partial charge in [-0.3, -0.25) is 9.59 Å². The second-order valence-corrected chi connectivity index (χ2v) is 5.99. The fraction of sp³-hybridized carbons (Fsp3) is 0.118. The van der Waals surface area contributed by atoms with Crippen LogP contribution in [0, 0.1) is 0 Å². The zero-order chi connectivity index (χ0) is 16.9. The Bertz CT molecular complexity index is 827. The SMILES string of the molecule is O=C(O)CC(NC(=O)c1ncoc1-c1cccs1)c1ccccc1. The highest BCUT2D eigenvalue weighted by Crippen LogP contribution is 2.28. The van der Waals surface area contributed by atoms with Crippen LogP contribution in [0.2, 0.25) is 0 Å². The lowest BCUT2D eigenvalue weighted by atomic mass is 10.0. The largest absolute Gasteiger partial charge is 0.481 e. The molecular formula is C17H14N2O4S. The van der Waals surface area contributed by atoms with Crippen LogP contribution in [0.25, 0.3) is 10.6 Å². The number of rotatable bonds is 6. The van der Waals surface area contributed by atoms with Crippen molar-refractivity contribution in [2.24, 2.45) is 0 Å². The molecule has 0 aliphatic carbocycles. The summed E-state index contributed by atoms with van der Waals surface area (Å²) in [6.07, 6.45) is 0.987. The molecule has 2 heterocycles.